The lowest BCUT2D eigenvalue weighted by molar-refractivity contribution is -0.124. The van der Waals surface area contributed by atoms with Gasteiger partial charge in [0.05, 0.1) is 5.02 Å². The Kier molecular flexibility index (Phi) is 9.60. The van der Waals surface area contributed by atoms with Gasteiger partial charge in [0.25, 0.3) is 11.8 Å². The van der Waals surface area contributed by atoms with Crippen molar-refractivity contribution in [3.8, 4) is 0 Å². The number of nitrogens with one attached hydrogen (secondary N) is 3. The third-order valence-electron chi connectivity index (χ3n) is 3.21. The summed E-state index contributed by atoms with van der Waals surface area (Å²) < 4.78 is 0. The van der Waals surface area contributed by atoms with E-state index < -0.39 is 5.91 Å². The summed E-state index contributed by atoms with van der Waals surface area (Å²) in [5.41, 5.74) is 2.61. The van der Waals surface area contributed by atoms with Crippen LogP contribution in [0.2, 0.25) is 10.0 Å². The van der Waals surface area contributed by atoms with Crippen LogP contribution >= 0.6 is 35.6 Å². The maximum absolute atomic E-state index is 11.9. The largest absolute Gasteiger partial charge is 0.367 e. The molecule has 0 fully saturated rings. The van der Waals surface area contributed by atoms with Crippen LogP contribution in [0.3, 0.4) is 0 Å². The zero-order chi connectivity index (χ0) is 18.9. The van der Waals surface area contributed by atoms with Gasteiger partial charge in [-0.2, -0.15) is 0 Å². The molecular weight excluding hydrogens is 415 g/mol. The number of hydrogen-bond acceptors (Lipinski definition) is 5. The summed E-state index contributed by atoms with van der Waals surface area (Å²) >= 11 is 11.9. The lowest BCUT2D eigenvalue weighted by Crippen LogP contribution is -2.28. The molecule has 0 atom stereocenters. The van der Waals surface area contributed by atoms with E-state index in [0.717, 1.165) is 6.08 Å². The van der Waals surface area contributed by atoms with Crippen LogP contribution in [-0.4, -0.2) is 35.1 Å². The summed E-state index contributed by atoms with van der Waals surface area (Å²) in [5.74, 6) is -0.402. The second-order valence-corrected chi connectivity index (χ2v) is 5.94. The van der Waals surface area contributed by atoms with Crippen LogP contribution in [0.5, 0.6) is 0 Å². The van der Waals surface area contributed by atoms with Crippen LogP contribution < -0.4 is 16.1 Å². The molecular formula is C17H17Cl3N4O3. The first-order valence-corrected chi connectivity index (χ1v) is 8.30. The predicted molar refractivity (Wildman–Crippen MR) is 108 cm³/mol. The van der Waals surface area contributed by atoms with Crippen LogP contribution in [-0.2, 0) is 4.79 Å². The molecule has 10 heteroatoms. The lowest BCUT2D eigenvalue weighted by Gasteiger charge is -2.09. The molecule has 0 aliphatic heterocycles. The average molecular weight is 432 g/mol. The van der Waals surface area contributed by atoms with Gasteiger partial charge >= 0.3 is 0 Å². The Balaban J connectivity index is 0.00000364. The van der Waals surface area contributed by atoms with Crippen LogP contribution in [0.1, 0.15) is 15.9 Å². The zero-order valence-electron chi connectivity index (χ0n) is 13.9. The van der Waals surface area contributed by atoms with E-state index in [1.807, 2.05) is 0 Å². The van der Waals surface area contributed by atoms with Crippen molar-refractivity contribution < 1.29 is 14.8 Å². The molecule has 0 aliphatic carbocycles. The maximum atomic E-state index is 11.9. The number of anilines is 1. The Hall–Kier alpha value is -2.32. The number of benzene rings is 1. The molecule has 0 radical (unpaired) electrons. The Labute approximate surface area is 172 Å². The smallest absolute Gasteiger partial charge is 0.267 e. The minimum Gasteiger partial charge on any atom is -0.367 e. The quantitative estimate of drug-likeness (QED) is 0.233. The van der Waals surface area contributed by atoms with Crippen molar-refractivity contribution in [3.63, 3.8) is 0 Å². The van der Waals surface area contributed by atoms with Crippen LogP contribution in [0.4, 0.5) is 5.82 Å². The fourth-order valence-corrected chi connectivity index (χ4v) is 2.31. The fraction of sp³-hybridized carbons (Fsp3) is 0.118. The van der Waals surface area contributed by atoms with E-state index in [1.165, 1.54) is 17.8 Å². The first-order valence-electron chi connectivity index (χ1n) is 7.55. The molecule has 27 heavy (non-hydrogen) atoms. The van der Waals surface area contributed by atoms with Gasteiger partial charge in [0, 0.05) is 35.9 Å². The van der Waals surface area contributed by atoms with Crippen molar-refractivity contribution in [1.29, 1.82) is 0 Å². The molecule has 1 aromatic heterocycles. The van der Waals surface area contributed by atoms with Gasteiger partial charge in [0.1, 0.15) is 5.82 Å². The van der Waals surface area contributed by atoms with E-state index >= 15 is 0 Å². The Morgan fingerprint density at radius 2 is 1.85 bits per heavy atom. The van der Waals surface area contributed by atoms with Gasteiger partial charge in [-0.05, 0) is 42.0 Å². The molecule has 0 bridgehead atoms. The molecule has 0 saturated heterocycles. The number of halogens is 3. The van der Waals surface area contributed by atoms with E-state index in [4.69, 9.17) is 28.4 Å². The van der Waals surface area contributed by atoms with Gasteiger partial charge in [-0.1, -0.05) is 23.2 Å². The number of carbonyl (C=O) groups is 2. The van der Waals surface area contributed by atoms with Crippen molar-refractivity contribution in [3.05, 3.63) is 63.8 Å². The highest BCUT2D eigenvalue weighted by Gasteiger charge is 2.05. The monoisotopic (exact) mass is 430 g/mol. The summed E-state index contributed by atoms with van der Waals surface area (Å²) in [5, 5.41) is 15.1. The molecule has 1 aromatic carbocycles. The minimum atomic E-state index is -0.653. The highest BCUT2D eigenvalue weighted by atomic mass is 35.5. The SMILES string of the molecule is Cl.O=C(C=Cc1cnc(NCCNC(=O)c2ccc(Cl)cc2)c(Cl)c1)NO. The lowest BCUT2D eigenvalue weighted by atomic mass is 10.2. The van der Waals surface area contributed by atoms with Crippen molar-refractivity contribution in [2.24, 2.45) is 0 Å². The first kappa shape index (κ1) is 22.7. The molecule has 2 aromatic rings. The van der Waals surface area contributed by atoms with Gasteiger partial charge in [-0.3, -0.25) is 14.8 Å². The third-order valence-corrected chi connectivity index (χ3v) is 3.75. The summed E-state index contributed by atoms with van der Waals surface area (Å²) in [6, 6.07) is 8.21. The van der Waals surface area contributed by atoms with E-state index in [0.29, 0.717) is 40.1 Å². The molecule has 1 heterocycles. The molecule has 2 amide bonds. The van der Waals surface area contributed by atoms with Gasteiger partial charge in [-0.25, -0.2) is 10.5 Å². The Morgan fingerprint density at radius 1 is 1.15 bits per heavy atom. The number of amides is 2. The molecule has 0 unspecified atom stereocenters. The molecule has 0 spiro atoms. The minimum absolute atomic E-state index is 0. The Morgan fingerprint density at radius 3 is 2.48 bits per heavy atom. The summed E-state index contributed by atoms with van der Waals surface area (Å²) in [7, 11) is 0. The van der Waals surface area contributed by atoms with Crippen molar-refractivity contribution in [2.45, 2.75) is 0 Å². The van der Waals surface area contributed by atoms with Crippen molar-refractivity contribution >= 4 is 59.3 Å². The molecule has 4 N–H and O–H groups in total. The second kappa shape index (κ2) is 11.4. The average Bonchev–Trinajstić information content (AvgIpc) is 2.64. The van der Waals surface area contributed by atoms with Crippen LogP contribution in [0.25, 0.3) is 6.08 Å². The highest BCUT2D eigenvalue weighted by molar-refractivity contribution is 6.33. The molecule has 7 nitrogen and oxygen atoms in total. The van der Waals surface area contributed by atoms with E-state index in [2.05, 4.69) is 15.6 Å². The number of pyridine rings is 1. The summed E-state index contributed by atoms with van der Waals surface area (Å²) in [6.07, 6.45) is 4.12. The number of aromatic nitrogens is 1. The third kappa shape index (κ3) is 7.44. The first-order chi connectivity index (χ1) is 12.5. The van der Waals surface area contributed by atoms with Gasteiger partial charge in [0.15, 0.2) is 0 Å². The Bertz CT molecular complexity index is 814. The molecule has 144 valence electrons. The van der Waals surface area contributed by atoms with E-state index in [9.17, 15) is 9.59 Å². The van der Waals surface area contributed by atoms with E-state index in [1.54, 1.807) is 30.3 Å². The number of rotatable bonds is 7. The number of carbonyl (C=O) groups excluding carboxylic acids is 2. The van der Waals surface area contributed by atoms with Gasteiger partial charge < -0.3 is 10.6 Å². The molecule has 2 rings (SSSR count). The van der Waals surface area contributed by atoms with Crippen molar-refractivity contribution in [2.75, 3.05) is 18.4 Å². The number of nitrogens with zero attached hydrogens (tertiary/aromatic N) is 1. The van der Waals surface area contributed by atoms with Crippen LogP contribution in [0.15, 0.2) is 42.6 Å². The van der Waals surface area contributed by atoms with Crippen LogP contribution in [0, 0.1) is 0 Å². The van der Waals surface area contributed by atoms with E-state index in [-0.39, 0.29) is 18.3 Å². The second-order valence-electron chi connectivity index (χ2n) is 5.10. The normalized spacial score (nSPS) is 10.2. The maximum Gasteiger partial charge on any atom is 0.267 e. The topological polar surface area (TPSA) is 103 Å². The van der Waals surface area contributed by atoms with Gasteiger partial charge in [0.2, 0.25) is 0 Å². The zero-order valence-corrected chi connectivity index (χ0v) is 16.2. The fourth-order valence-electron chi connectivity index (χ4n) is 1.94. The standard InChI is InChI=1S/C17H16Cl2N4O3.ClH/c18-13-4-2-12(3-5-13)17(25)21-8-7-20-16-14(19)9-11(10-22-16)1-6-15(24)23-26;/h1-6,9-10,26H,7-8H2,(H,20,22)(H,21,25)(H,23,24);1H. The van der Waals surface area contributed by atoms with Crippen molar-refractivity contribution in [1.82, 2.24) is 15.8 Å². The highest BCUT2D eigenvalue weighted by Crippen LogP contribution is 2.20. The molecule has 0 aliphatic rings. The summed E-state index contributed by atoms with van der Waals surface area (Å²) in [6.45, 7) is 0.798. The number of hydroxylamine groups is 1. The predicted octanol–water partition coefficient (Wildman–Crippen LogP) is 3.17. The number of hydrogen-bond donors (Lipinski definition) is 4. The molecule has 0 saturated carbocycles. The summed E-state index contributed by atoms with van der Waals surface area (Å²) in [4.78, 5) is 27.0. The van der Waals surface area contributed by atoms with Gasteiger partial charge in [-0.15, -0.1) is 12.4 Å².